The molecule has 5 heteroatoms. The lowest BCUT2D eigenvalue weighted by Gasteiger charge is -2.31. The monoisotopic (exact) mass is 313 g/mol. The first kappa shape index (κ1) is 15.7. The quantitative estimate of drug-likeness (QED) is 0.908. The van der Waals surface area contributed by atoms with Crippen molar-refractivity contribution in [2.24, 2.45) is 5.92 Å². The van der Waals surface area contributed by atoms with Crippen molar-refractivity contribution >= 4 is 29.3 Å². The number of nitrogens with zero attached hydrogens (tertiary/aromatic N) is 1. The number of benzene rings is 1. The van der Waals surface area contributed by atoms with Crippen molar-refractivity contribution in [3.63, 3.8) is 0 Å². The van der Waals surface area contributed by atoms with E-state index in [1.807, 2.05) is 29.2 Å². The van der Waals surface area contributed by atoms with E-state index in [4.69, 9.17) is 16.7 Å². The first-order chi connectivity index (χ1) is 9.69. The molecule has 20 heavy (non-hydrogen) atoms. The van der Waals surface area contributed by atoms with Gasteiger partial charge in [-0.3, -0.25) is 4.79 Å². The Kier molecular flexibility index (Phi) is 6.20. The van der Waals surface area contributed by atoms with Crippen LogP contribution in [0.2, 0.25) is 5.02 Å². The van der Waals surface area contributed by atoms with Crippen LogP contribution in [0.5, 0.6) is 0 Å². The molecule has 1 amide bonds. The Morgan fingerprint density at radius 1 is 1.40 bits per heavy atom. The van der Waals surface area contributed by atoms with Gasteiger partial charge in [0, 0.05) is 30.5 Å². The van der Waals surface area contributed by atoms with E-state index in [9.17, 15) is 4.79 Å². The van der Waals surface area contributed by atoms with Gasteiger partial charge in [-0.25, -0.2) is 0 Å². The van der Waals surface area contributed by atoms with Crippen LogP contribution < -0.4 is 0 Å². The number of piperidine rings is 1. The smallest absolute Gasteiger partial charge is 0.232 e. The molecule has 1 aromatic rings. The van der Waals surface area contributed by atoms with Crippen LogP contribution in [0.25, 0.3) is 0 Å². The number of hydrogen-bond acceptors (Lipinski definition) is 3. The molecule has 2 rings (SSSR count). The summed E-state index contributed by atoms with van der Waals surface area (Å²) in [6, 6.07) is 7.74. The summed E-state index contributed by atoms with van der Waals surface area (Å²) in [5.74, 6) is 1.89. The van der Waals surface area contributed by atoms with Crippen molar-refractivity contribution in [2.45, 2.75) is 18.6 Å². The summed E-state index contributed by atoms with van der Waals surface area (Å²) in [4.78, 5) is 14.0. The van der Waals surface area contributed by atoms with E-state index in [1.54, 1.807) is 11.8 Å². The molecular formula is C15H20ClNO2S. The van der Waals surface area contributed by atoms with Crippen molar-refractivity contribution in [3.8, 4) is 0 Å². The Balaban J connectivity index is 1.70. The lowest BCUT2D eigenvalue weighted by atomic mass is 9.98. The summed E-state index contributed by atoms with van der Waals surface area (Å²) >= 11 is 7.55. The molecule has 0 radical (unpaired) electrons. The normalized spacial score (nSPS) is 16.4. The van der Waals surface area contributed by atoms with Crippen molar-refractivity contribution in [1.82, 2.24) is 4.90 Å². The number of aliphatic hydroxyl groups excluding tert-OH is 1. The van der Waals surface area contributed by atoms with Gasteiger partial charge >= 0.3 is 0 Å². The van der Waals surface area contributed by atoms with Crippen LogP contribution in [0.1, 0.15) is 18.4 Å². The Bertz CT molecular complexity index is 447. The van der Waals surface area contributed by atoms with Gasteiger partial charge < -0.3 is 10.0 Å². The Morgan fingerprint density at radius 3 is 2.80 bits per heavy atom. The maximum atomic E-state index is 12.1. The molecule has 0 aliphatic carbocycles. The second-order valence-electron chi connectivity index (χ2n) is 5.13. The molecule has 1 N–H and O–H groups in total. The van der Waals surface area contributed by atoms with Crippen LogP contribution in [-0.4, -0.2) is 41.4 Å². The van der Waals surface area contributed by atoms with Crippen LogP contribution in [0.4, 0.5) is 0 Å². The van der Waals surface area contributed by atoms with Gasteiger partial charge in [-0.15, -0.1) is 11.8 Å². The second kappa shape index (κ2) is 7.91. The molecule has 1 aromatic carbocycles. The third kappa shape index (κ3) is 4.69. The van der Waals surface area contributed by atoms with Crippen LogP contribution in [0.3, 0.4) is 0 Å². The molecule has 1 heterocycles. The molecule has 0 aromatic heterocycles. The highest BCUT2D eigenvalue weighted by Crippen LogP contribution is 2.19. The fourth-order valence-electron chi connectivity index (χ4n) is 2.34. The average molecular weight is 314 g/mol. The highest BCUT2D eigenvalue weighted by molar-refractivity contribution is 7.99. The van der Waals surface area contributed by atoms with E-state index < -0.39 is 0 Å². The molecule has 1 aliphatic rings. The largest absolute Gasteiger partial charge is 0.396 e. The Labute approximate surface area is 129 Å². The lowest BCUT2D eigenvalue weighted by molar-refractivity contribution is -0.129. The second-order valence-corrected chi connectivity index (χ2v) is 6.55. The van der Waals surface area contributed by atoms with Gasteiger partial charge in [0.15, 0.2) is 0 Å². The maximum Gasteiger partial charge on any atom is 0.232 e. The SMILES string of the molecule is O=C(CSCc1cccc(Cl)c1)N1CCC(CO)CC1. The van der Waals surface area contributed by atoms with Crippen LogP contribution in [0.15, 0.2) is 24.3 Å². The van der Waals surface area contributed by atoms with Crippen molar-refractivity contribution in [1.29, 1.82) is 0 Å². The number of halogens is 1. The number of rotatable bonds is 5. The fraction of sp³-hybridized carbons (Fsp3) is 0.533. The minimum atomic E-state index is 0.202. The zero-order valence-corrected chi connectivity index (χ0v) is 13.0. The number of hydrogen-bond donors (Lipinski definition) is 1. The van der Waals surface area contributed by atoms with E-state index >= 15 is 0 Å². The number of carbonyl (C=O) groups is 1. The third-order valence-corrected chi connectivity index (χ3v) is 4.83. The zero-order chi connectivity index (χ0) is 14.4. The molecular weight excluding hydrogens is 294 g/mol. The van der Waals surface area contributed by atoms with Gasteiger partial charge in [-0.2, -0.15) is 0 Å². The van der Waals surface area contributed by atoms with E-state index in [-0.39, 0.29) is 12.5 Å². The molecule has 0 spiro atoms. The molecule has 0 bridgehead atoms. The maximum absolute atomic E-state index is 12.1. The fourth-order valence-corrected chi connectivity index (χ4v) is 3.43. The van der Waals surface area contributed by atoms with Gasteiger partial charge in [0.2, 0.25) is 5.91 Å². The number of thioether (sulfide) groups is 1. The Hall–Kier alpha value is -0.710. The molecule has 110 valence electrons. The Morgan fingerprint density at radius 2 is 2.15 bits per heavy atom. The molecule has 1 saturated heterocycles. The summed E-state index contributed by atoms with van der Waals surface area (Å²) in [7, 11) is 0. The van der Waals surface area contributed by atoms with Crippen molar-refractivity contribution in [2.75, 3.05) is 25.4 Å². The highest BCUT2D eigenvalue weighted by atomic mass is 35.5. The molecule has 3 nitrogen and oxygen atoms in total. The number of likely N-dealkylation sites (tertiary alicyclic amines) is 1. The molecule has 0 unspecified atom stereocenters. The topological polar surface area (TPSA) is 40.5 Å². The summed E-state index contributed by atoms with van der Waals surface area (Å²) in [6.45, 7) is 1.80. The summed E-state index contributed by atoms with van der Waals surface area (Å²) < 4.78 is 0. The first-order valence-corrected chi connectivity index (χ1v) is 8.43. The highest BCUT2D eigenvalue weighted by Gasteiger charge is 2.21. The van der Waals surface area contributed by atoms with E-state index in [0.29, 0.717) is 11.7 Å². The number of aliphatic hydroxyl groups is 1. The van der Waals surface area contributed by atoms with Gasteiger partial charge in [0.1, 0.15) is 0 Å². The van der Waals surface area contributed by atoms with Gasteiger partial charge in [-0.05, 0) is 36.5 Å². The molecule has 1 fully saturated rings. The summed E-state index contributed by atoms with van der Waals surface area (Å²) in [5, 5.41) is 9.82. The third-order valence-electron chi connectivity index (χ3n) is 3.61. The minimum absolute atomic E-state index is 0.202. The van der Waals surface area contributed by atoms with Crippen LogP contribution in [-0.2, 0) is 10.5 Å². The molecule has 0 atom stereocenters. The molecule has 1 aliphatic heterocycles. The van der Waals surface area contributed by atoms with Crippen molar-refractivity contribution < 1.29 is 9.90 Å². The van der Waals surface area contributed by atoms with Crippen LogP contribution >= 0.6 is 23.4 Å². The number of carbonyl (C=O) groups excluding carboxylic acids is 1. The number of amides is 1. The van der Waals surface area contributed by atoms with E-state index in [1.165, 1.54) is 0 Å². The first-order valence-electron chi connectivity index (χ1n) is 6.90. The van der Waals surface area contributed by atoms with Gasteiger partial charge in [0.25, 0.3) is 0 Å². The minimum Gasteiger partial charge on any atom is -0.396 e. The van der Waals surface area contributed by atoms with E-state index in [0.717, 1.165) is 42.3 Å². The van der Waals surface area contributed by atoms with Gasteiger partial charge in [-0.1, -0.05) is 23.7 Å². The standard InChI is InChI=1S/C15H20ClNO2S/c16-14-3-1-2-13(8-14)10-20-11-15(19)17-6-4-12(9-18)5-7-17/h1-3,8,12,18H,4-7,9-11H2. The lowest BCUT2D eigenvalue weighted by Crippen LogP contribution is -2.40. The summed E-state index contributed by atoms with van der Waals surface area (Å²) in [6.07, 6.45) is 1.84. The van der Waals surface area contributed by atoms with Crippen LogP contribution in [0, 0.1) is 5.92 Å². The predicted octanol–water partition coefficient (Wildman–Crippen LogP) is 2.80. The molecule has 0 saturated carbocycles. The van der Waals surface area contributed by atoms with Crippen molar-refractivity contribution in [3.05, 3.63) is 34.9 Å². The van der Waals surface area contributed by atoms with E-state index in [2.05, 4.69) is 0 Å². The van der Waals surface area contributed by atoms with Gasteiger partial charge in [0.05, 0.1) is 5.75 Å². The zero-order valence-electron chi connectivity index (χ0n) is 11.4. The summed E-state index contributed by atoms with van der Waals surface area (Å²) in [5.41, 5.74) is 1.15. The average Bonchev–Trinajstić information content (AvgIpc) is 2.47. The predicted molar refractivity (Wildman–Crippen MR) is 84.0 cm³/mol.